The van der Waals surface area contributed by atoms with E-state index >= 15 is 0 Å². The number of amides is 2. The van der Waals surface area contributed by atoms with E-state index < -0.39 is 21.2 Å². The number of ether oxygens (including phenoxy) is 2. The number of hydrogen-bond acceptors (Lipinski definition) is 8. The number of pyridine rings is 1. The van der Waals surface area contributed by atoms with Gasteiger partial charge in [-0.05, 0) is 0 Å². The largest absolute Gasteiger partial charge is 0.496 e. The van der Waals surface area contributed by atoms with Crippen molar-refractivity contribution in [1.29, 1.82) is 0 Å². The van der Waals surface area contributed by atoms with Crippen LogP contribution >= 0.6 is 11.6 Å². The molecule has 0 saturated heterocycles. The molecule has 2 N–H and O–H groups in total. The Labute approximate surface area is 170 Å². The van der Waals surface area contributed by atoms with Crippen LogP contribution in [0, 0.1) is 0 Å². The molecule has 12 nitrogen and oxygen atoms in total. The predicted octanol–water partition coefficient (Wildman–Crippen LogP) is 1.18. The van der Waals surface area contributed by atoms with E-state index in [0.717, 1.165) is 4.57 Å². The van der Waals surface area contributed by atoms with E-state index in [2.05, 4.69) is 20.4 Å². The number of nitrogens with one attached hydrogen (secondary N) is 2. The number of urea groups is 1. The number of carbonyl (C=O) groups is 1. The molecule has 0 aliphatic heterocycles. The second-order valence-corrected chi connectivity index (χ2v) is 7.53. The Balaban J connectivity index is 1.83. The quantitative estimate of drug-likeness (QED) is 0.580. The first-order valence-corrected chi connectivity index (χ1v) is 9.76. The zero-order valence-corrected chi connectivity index (χ0v) is 17.0. The van der Waals surface area contributed by atoms with Gasteiger partial charge in [0.05, 0.1) is 14.2 Å². The molecule has 0 atom stereocenters. The minimum absolute atomic E-state index is 0.0185. The van der Waals surface area contributed by atoms with Gasteiger partial charge in [-0.3, -0.25) is 14.6 Å². The van der Waals surface area contributed by atoms with Crippen molar-refractivity contribution in [1.82, 2.24) is 29.0 Å². The number of imidazole rings is 1. The van der Waals surface area contributed by atoms with Gasteiger partial charge in [0.15, 0.2) is 5.82 Å². The summed E-state index contributed by atoms with van der Waals surface area (Å²) in [7, 11) is 0.0741. The van der Waals surface area contributed by atoms with Crippen LogP contribution in [0.1, 0.15) is 0 Å². The summed E-state index contributed by atoms with van der Waals surface area (Å²) >= 11 is 6.07. The Kier molecular flexibility index (Phi) is 5.61. The number of methoxy groups -OCH3 is 2. The molecule has 3 aromatic heterocycles. The zero-order chi connectivity index (χ0) is 21.2. The number of hydrogen-bond donors (Lipinski definition) is 2. The molecule has 3 heterocycles. The summed E-state index contributed by atoms with van der Waals surface area (Å²) in [5, 5.41) is 6.13. The third-order valence-electron chi connectivity index (χ3n) is 3.53. The molecule has 0 fully saturated rings. The number of sulfonamides is 1. The van der Waals surface area contributed by atoms with E-state index in [1.807, 2.05) is 4.72 Å². The summed E-state index contributed by atoms with van der Waals surface area (Å²) in [5.41, 5.74) is 0. The molecule has 0 bridgehead atoms. The van der Waals surface area contributed by atoms with E-state index in [1.54, 1.807) is 7.05 Å². The molecule has 0 radical (unpaired) electrons. The van der Waals surface area contributed by atoms with Crippen LogP contribution in [0.2, 0.25) is 5.02 Å². The van der Waals surface area contributed by atoms with Gasteiger partial charge in [0, 0.05) is 37.8 Å². The molecule has 0 aliphatic rings. The minimum atomic E-state index is -4.36. The van der Waals surface area contributed by atoms with Crippen molar-refractivity contribution in [3.8, 4) is 17.4 Å². The van der Waals surface area contributed by atoms with Crippen LogP contribution in [-0.2, 0) is 17.1 Å². The smallest absolute Gasteiger partial charge is 0.334 e. The molecule has 0 unspecified atom stereocenters. The maximum atomic E-state index is 12.6. The lowest BCUT2D eigenvalue weighted by atomic mass is 10.4. The number of carbonyl (C=O) groups excluding carboxylic acids is 1. The van der Waals surface area contributed by atoms with E-state index in [4.69, 9.17) is 21.1 Å². The molecule has 14 heteroatoms. The van der Waals surface area contributed by atoms with Gasteiger partial charge >= 0.3 is 6.03 Å². The highest BCUT2D eigenvalue weighted by molar-refractivity contribution is 7.89. The number of anilines is 1. The molecular weight excluding hydrogens is 426 g/mol. The van der Waals surface area contributed by atoms with Gasteiger partial charge in [-0.1, -0.05) is 11.6 Å². The monoisotopic (exact) mass is 441 g/mol. The SMILES string of the molecule is COc1cc(NC(=O)NS(=O)(=O)c2nccn2-c2nn(C)cc2Cl)nc(OC)c1. The third kappa shape index (κ3) is 4.41. The van der Waals surface area contributed by atoms with Crippen molar-refractivity contribution in [3.05, 3.63) is 35.7 Å². The fraction of sp³-hybridized carbons (Fsp3) is 0.200. The van der Waals surface area contributed by atoms with Crippen molar-refractivity contribution in [3.63, 3.8) is 0 Å². The Morgan fingerprint density at radius 2 is 2.00 bits per heavy atom. The minimum Gasteiger partial charge on any atom is -0.496 e. The van der Waals surface area contributed by atoms with Gasteiger partial charge in [0.2, 0.25) is 5.88 Å². The maximum Gasteiger partial charge on any atom is 0.334 e. The van der Waals surface area contributed by atoms with E-state index in [9.17, 15) is 13.2 Å². The number of rotatable bonds is 6. The highest BCUT2D eigenvalue weighted by Crippen LogP contribution is 2.23. The first-order chi connectivity index (χ1) is 13.7. The molecular formula is C15H16ClN7O5S. The number of nitrogens with zero attached hydrogens (tertiary/aromatic N) is 5. The van der Waals surface area contributed by atoms with Crippen LogP contribution in [0.15, 0.2) is 35.9 Å². The Hall–Kier alpha value is -3.32. The highest BCUT2D eigenvalue weighted by Gasteiger charge is 2.26. The number of aromatic nitrogens is 5. The molecule has 0 saturated carbocycles. The van der Waals surface area contributed by atoms with Gasteiger partial charge < -0.3 is 9.47 Å². The van der Waals surface area contributed by atoms with Crippen LogP contribution in [0.3, 0.4) is 0 Å². The maximum absolute atomic E-state index is 12.6. The first kappa shape index (κ1) is 20.4. The molecule has 0 spiro atoms. The Bertz CT molecular complexity index is 1140. The Morgan fingerprint density at radius 1 is 1.24 bits per heavy atom. The fourth-order valence-electron chi connectivity index (χ4n) is 2.34. The van der Waals surface area contributed by atoms with Crippen LogP contribution < -0.4 is 19.5 Å². The summed E-state index contributed by atoms with van der Waals surface area (Å²) in [6.07, 6.45) is 4.09. The summed E-state index contributed by atoms with van der Waals surface area (Å²) in [5.74, 6) is 0.690. The Morgan fingerprint density at radius 3 is 2.62 bits per heavy atom. The molecule has 2 amide bonds. The standard InChI is InChI=1S/C15H16ClN7O5S/c1-22-8-10(16)13(20-22)23-5-4-17-15(23)29(25,26)21-14(24)19-11-6-9(27-2)7-12(18-11)28-3/h4-8H,1-3H3,(H2,18,19,21,24). The summed E-state index contributed by atoms with van der Waals surface area (Å²) in [6.45, 7) is 0. The average molecular weight is 442 g/mol. The second kappa shape index (κ2) is 7.97. The van der Waals surface area contributed by atoms with Crippen LogP contribution in [-0.4, -0.2) is 53.0 Å². The summed E-state index contributed by atoms with van der Waals surface area (Å²) in [6, 6.07) is 1.82. The van der Waals surface area contributed by atoms with Crippen LogP contribution in [0.5, 0.6) is 11.6 Å². The number of halogens is 1. The van der Waals surface area contributed by atoms with Crippen molar-refractivity contribution in [2.24, 2.45) is 7.05 Å². The number of aryl methyl sites for hydroxylation is 1. The molecule has 29 heavy (non-hydrogen) atoms. The third-order valence-corrected chi connectivity index (χ3v) is 5.03. The molecule has 0 aromatic carbocycles. The molecule has 154 valence electrons. The lowest BCUT2D eigenvalue weighted by Crippen LogP contribution is -2.36. The highest BCUT2D eigenvalue weighted by atomic mass is 35.5. The zero-order valence-electron chi connectivity index (χ0n) is 15.5. The van der Waals surface area contributed by atoms with Crippen molar-refractivity contribution in [2.75, 3.05) is 19.5 Å². The first-order valence-electron chi connectivity index (χ1n) is 7.90. The molecule has 0 aliphatic carbocycles. The van der Waals surface area contributed by atoms with Crippen molar-refractivity contribution >= 4 is 33.5 Å². The van der Waals surface area contributed by atoms with Gasteiger partial charge in [0.1, 0.15) is 16.6 Å². The van der Waals surface area contributed by atoms with Gasteiger partial charge in [-0.15, -0.1) is 0 Å². The normalized spacial score (nSPS) is 11.2. The lowest BCUT2D eigenvalue weighted by Gasteiger charge is -2.10. The van der Waals surface area contributed by atoms with Crippen LogP contribution in [0.4, 0.5) is 10.6 Å². The van der Waals surface area contributed by atoms with E-state index in [1.165, 1.54) is 49.6 Å². The van der Waals surface area contributed by atoms with Gasteiger partial charge in [0.25, 0.3) is 15.2 Å². The van der Waals surface area contributed by atoms with E-state index in [0.29, 0.717) is 5.75 Å². The van der Waals surface area contributed by atoms with Gasteiger partial charge in [-0.25, -0.2) is 14.5 Å². The summed E-state index contributed by atoms with van der Waals surface area (Å²) < 4.78 is 39.8. The predicted molar refractivity (Wildman–Crippen MR) is 102 cm³/mol. The molecule has 3 rings (SSSR count). The second-order valence-electron chi connectivity index (χ2n) is 5.55. The van der Waals surface area contributed by atoms with Crippen molar-refractivity contribution in [2.45, 2.75) is 5.16 Å². The van der Waals surface area contributed by atoms with E-state index in [-0.39, 0.29) is 22.5 Å². The molecule has 3 aromatic rings. The fourth-order valence-corrected chi connectivity index (χ4v) is 3.60. The van der Waals surface area contributed by atoms with Gasteiger partial charge in [-0.2, -0.15) is 18.5 Å². The lowest BCUT2D eigenvalue weighted by molar-refractivity contribution is 0.256. The average Bonchev–Trinajstić information content (AvgIpc) is 3.27. The summed E-state index contributed by atoms with van der Waals surface area (Å²) in [4.78, 5) is 20.0. The van der Waals surface area contributed by atoms with Crippen molar-refractivity contribution < 1.29 is 22.7 Å². The topological polar surface area (TPSA) is 142 Å². The van der Waals surface area contributed by atoms with Crippen LogP contribution in [0.25, 0.3) is 5.82 Å².